The van der Waals surface area contributed by atoms with Crippen molar-refractivity contribution in [1.82, 2.24) is 9.80 Å². The van der Waals surface area contributed by atoms with Crippen molar-refractivity contribution in [1.29, 1.82) is 0 Å². The Morgan fingerprint density at radius 1 is 1.32 bits per heavy atom. The van der Waals surface area contributed by atoms with Gasteiger partial charge in [0.25, 0.3) is 0 Å². The molecule has 0 aromatic rings. The van der Waals surface area contributed by atoms with Crippen LogP contribution in [0.2, 0.25) is 0 Å². The summed E-state index contributed by atoms with van der Waals surface area (Å²) in [6.45, 7) is 6.84. The molecule has 110 valence electrons. The van der Waals surface area contributed by atoms with Crippen molar-refractivity contribution in [3.63, 3.8) is 0 Å². The standard InChI is InChI=1S/C15H28N2O2/c1-12(2)9-17(13-6-7-13)15(19)10-16-8-4-3-5-14(16)11-18/h12-14,18H,3-11H2,1-2H3. The second-order valence-corrected chi connectivity index (χ2v) is 6.47. The molecular weight excluding hydrogens is 240 g/mol. The van der Waals surface area contributed by atoms with Gasteiger partial charge in [-0.1, -0.05) is 20.3 Å². The molecule has 0 bridgehead atoms. The minimum atomic E-state index is 0.181. The molecule has 0 spiro atoms. The van der Waals surface area contributed by atoms with Crippen molar-refractivity contribution in [2.45, 2.75) is 58.0 Å². The SMILES string of the molecule is CC(C)CN(C(=O)CN1CCCCC1CO)C1CC1. The first-order valence-corrected chi connectivity index (χ1v) is 7.76. The Morgan fingerprint density at radius 3 is 2.63 bits per heavy atom. The highest BCUT2D eigenvalue weighted by molar-refractivity contribution is 5.79. The zero-order chi connectivity index (χ0) is 13.8. The van der Waals surface area contributed by atoms with Crippen LogP contribution in [-0.4, -0.2) is 59.1 Å². The fourth-order valence-corrected chi connectivity index (χ4v) is 2.97. The lowest BCUT2D eigenvalue weighted by Gasteiger charge is -2.36. The van der Waals surface area contributed by atoms with Crippen molar-refractivity contribution in [3.8, 4) is 0 Å². The van der Waals surface area contributed by atoms with Crippen molar-refractivity contribution in [3.05, 3.63) is 0 Å². The van der Waals surface area contributed by atoms with Gasteiger partial charge in [-0.15, -0.1) is 0 Å². The zero-order valence-electron chi connectivity index (χ0n) is 12.3. The van der Waals surface area contributed by atoms with Gasteiger partial charge in [0.15, 0.2) is 0 Å². The van der Waals surface area contributed by atoms with Crippen LogP contribution in [0.3, 0.4) is 0 Å². The van der Waals surface area contributed by atoms with Crippen molar-refractivity contribution >= 4 is 5.91 Å². The minimum Gasteiger partial charge on any atom is -0.395 e. The molecule has 0 aromatic heterocycles. The molecule has 1 aliphatic carbocycles. The van der Waals surface area contributed by atoms with E-state index in [1.807, 2.05) is 0 Å². The molecular formula is C15H28N2O2. The predicted octanol–water partition coefficient (Wildman–Crippen LogP) is 1.48. The molecule has 2 fully saturated rings. The number of carbonyl (C=O) groups is 1. The Hall–Kier alpha value is -0.610. The molecule has 2 rings (SSSR count). The highest BCUT2D eigenvalue weighted by Crippen LogP contribution is 2.28. The van der Waals surface area contributed by atoms with Crippen LogP contribution in [0.5, 0.6) is 0 Å². The van der Waals surface area contributed by atoms with E-state index in [4.69, 9.17) is 0 Å². The smallest absolute Gasteiger partial charge is 0.237 e. The van der Waals surface area contributed by atoms with E-state index in [2.05, 4.69) is 23.6 Å². The first-order valence-electron chi connectivity index (χ1n) is 7.76. The first kappa shape index (κ1) is 14.8. The highest BCUT2D eigenvalue weighted by Gasteiger charge is 2.34. The van der Waals surface area contributed by atoms with E-state index in [9.17, 15) is 9.90 Å². The minimum absolute atomic E-state index is 0.181. The predicted molar refractivity (Wildman–Crippen MR) is 75.9 cm³/mol. The molecule has 4 heteroatoms. The summed E-state index contributed by atoms with van der Waals surface area (Å²) >= 11 is 0. The third-order valence-electron chi connectivity index (χ3n) is 4.17. The van der Waals surface area contributed by atoms with Gasteiger partial charge in [-0.05, 0) is 38.1 Å². The third kappa shape index (κ3) is 4.18. The maximum absolute atomic E-state index is 12.5. The third-order valence-corrected chi connectivity index (χ3v) is 4.17. The van der Waals surface area contributed by atoms with Crippen LogP contribution in [0.25, 0.3) is 0 Å². The molecule has 0 aromatic carbocycles. The molecule has 19 heavy (non-hydrogen) atoms. The summed E-state index contributed by atoms with van der Waals surface area (Å²) in [5, 5.41) is 9.41. The lowest BCUT2D eigenvalue weighted by atomic mass is 10.0. The lowest BCUT2D eigenvalue weighted by molar-refractivity contribution is -0.134. The molecule has 1 saturated carbocycles. The maximum atomic E-state index is 12.5. The van der Waals surface area contributed by atoms with Gasteiger partial charge in [0.2, 0.25) is 5.91 Å². The molecule has 1 heterocycles. The Morgan fingerprint density at radius 2 is 2.05 bits per heavy atom. The zero-order valence-corrected chi connectivity index (χ0v) is 12.3. The van der Waals surface area contributed by atoms with Crippen LogP contribution in [0, 0.1) is 5.92 Å². The molecule has 1 amide bonds. The van der Waals surface area contributed by atoms with E-state index >= 15 is 0 Å². The van der Waals surface area contributed by atoms with Gasteiger partial charge in [-0.3, -0.25) is 9.69 Å². The number of piperidine rings is 1. The van der Waals surface area contributed by atoms with Gasteiger partial charge >= 0.3 is 0 Å². The summed E-state index contributed by atoms with van der Waals surface area (Å²) in [7, 11) is 0. The molecule has 2 aliphatic rings. The first-order chi connectivity index (χ1) is 9.11. The number of carbonyl (C=O) groups excluding carboxylic acids is 1. The monoisotopic (exact) mass is 268 g/mol. The van der Waals surface area contributed by atoms with Gasteiger partial charge in [0.05, 0.1) is 13.2 Å². The summed E-state index contributed by atoms with van der Waals surface area (Å²) in [5.41, 5.74) is 0. The number of aliphatic hydroxyl groups excluding tert-OH is 1. The number of hydrogen-bond donors (Lipinski definition) is 1. The summed E-state index contributed by atoms with van der Waals surface area (Å²) in [6, 6.07) is 0.685. The van der Waals surface area contributed by atoms with E-state index in [0.29, 0.717) is 18.5 Å². The van der Waals surface area contributed by atoms with Crippen molar-refractivity contribution in [2.75, 3.05) is 26.2 Å². The van der Waals surface area contributed by atoms with Crippen molar-refractivity contribution in [2.24, 2.45) is 5.92 Å². The fourth-order valence-electron chi connectivity index (χ4n) is 2.97. The number of hydrogen-bond acceptors (Lipinski definition) is 3. The Bertz CT molecular complexity index is 303. The fraction of sp³-hybridized carbons (Fsp3) is 0.933. The van der Waals surface area contributed by atoms with Crippen LogP contribution >= 0.6 is 0 Å². The van der Waals surface area contributed by atoms with Gasteiger partial charge in [-0.25, -0.2) is 0 Å². The topological polar surface area (TPSA) is 43.8 Å². The molecule has 1 saturated heterocycles. The van der Waals surface area contributed by atoms with Crippen LogP contribution in [0.1, 0.15) is 46.0 Å². The molecule has 1 unspecified atom stereocenters. The number of nitrogens with zero attached hydrogens (tertiary/aromatic N) is 2. The summed E-state index contributed by atoms with van der Waals surface area (Å²) < 4.78 is 0. The second-order valence-electron chi connectivity index (χ2n) is 6.47. The average molecular weight is 268 g/mol. The number of amides is 1. The number of likely N-dealkylation sites (tertiary alicyclic amines) is 1. The van der Waals surface area contributed by atoms with E-state index in [0.717, 1.165) is 25.9 Å². The second kappa shape index (κ2) is 6.71. The van der Waals surface area contributed by atoms with Gasteiger partial charge in [0, 0.05) is 18.6 Å². The van der Waals surface area contributed by atoms with E-state index < -0.39 is 0 Å². The normalized spacial score (nSPS) is 24.7. The molecule has 1 atom stereocenters. The number of aliphatic hydroxyl groups is 1. The highest BCUT2D eigenvalue weighted by atomic mass is 16.3. The van der Waals surface area contributed by atoms with Crippen LogP contribution < -0.4 is 0 Å². The average Bonchev–Trinajstić information content (AvgIpc) is 3.20. The van der Waals surface area contributed by atoms with Gasteiger partial charge in [-0.2, -0.15) is 0 Å². The molecule has 1 N–H and O–H groups in total. The van der Waals surface area contributed by atoms with E-state index in [1.54, 1.807) is 0 Å². The largest absolute Gasteiger partial charge is 0.395 e. The molecule has 4 nitrogen and oxygen atoms in total. The lowest BCUT2D eigenvalue weighted by Crippen LogP contribution is -2.49. The Kier molecular flexibility index (Phi) is 5.22. The Balaban J connectivity index is 1.90. The van der Waals surface area contributed by atoms with E-state index in [1.165, 1.54) is 19.3 Å². The van der Waals surface area contributed by atoms with Gasteiger partial charge in [0.1, 0.15) is 0 Å². The summed E-state index contributed by atoms with van der Waals surface area (Å²) in [6.07, 6.45) is 5.69. The quantitative estimate of drug-likeness (QED) is 0.793. The summed E-state index contributed by atoms with van der Waals surface area (Å²) in [5.74, 6) is 0.788. The maximum Gasteiger partial charge on any atom is 0.237 e. The van der Waals surface area contributed by atoms with E-state index in [-0.39, 0.29) is 18.6 Å². The number of rotatable bonds is 6. The Labute approximate surface area is 116 Å². The molecule has 0 radical (unpaired) electrons. The van der Waals surface area contributed by atoms with Crippen LogP contribution in [0.15, 0.2) is 0 Å². The van der Waals surface area contributed by atoms with Gasteiger partial charge < -0.3 is 10.0 Å². The molecule has 1 aliphatic heterocycles. The van der Waals surface area contributed by atoms with Crippen molar-refractivity contribution < 1.29 is 9.90 Å². The van der Waals surface area contributed by atoms with Crippen LogP contribution in [-0.2, 0) is 4.79 Å². The van der Waals surface area contributed by atoms with Crippen LogP contribution in [0.4, 0.5) is 0 Å². The summed E-state index contributed by atoms with van der Waals surface area (Å²) in [4.78, 5) is 16.8.